The van der Waals surface area contributed by atoms with Crippen molar-refractivity contribution in [3.05, 3.63) is 78.4 Å². The number of benzene rings is 2. The highest BCUT2D eigenvalue weighted by molar-refractivity contribution is 7.22. The molecule has 16 heteroatoms. The van der Waals surface area contributed by atoms with Crippen molar-refractivity contribution in [2.45, 2.75) is 45.1 Å². The SMILES string of the molecule is Cc1c(-c2ccc(OC(C)c3ccc(Cl)cc3Cl)c(OC(F)(F)F)c2)sc2c1c(=O)[nH]c(=O)n2C[C@@H](O)C(F)(F)F. The molecule has 0 aliphatic carbocycles. The van der Waals surface area contributed by atoms with Gasteiger partial charge in [-0.3, -0.25) is 14.3 Å². The number of hydrogen-bond acceptors (Lipinski definition) is 6. The molecule has 0 fully saturated rings. The normalized spacial score (nSPS) is 13.8. The van der Waals surface area contributed by atoms with Crippen molar-refractivity contribution in [1.82, 2.24) is 9.55 Å². The number of aliphatic hydroxyl groups excluding tert-OH is 1. The van der Waals surface area contributed by atoms with E-state index in [1.165, 1.54) is 38.1 Å². The molecule has 2 aromatic heterocycles. The van der Waals surface area contributed by atoms with Gasteiger partial charge in [0, 0.05) is 20.5 Å². The standard InChI is InChI=1S/C25H18Cl2F6N2O5S/c1-10-19-21(37)34-23(38)35(9-18(36)24(28,29)30)22(19)41-20(10)12-3-6-16(17(7-12)40-25(31,32)33)39-11(2)14-5-4-13(26)8-15(14)27/h3-8,11,18,36H,9H2,1-2H3,(H,34,37,38)/t11?,18-/m1/s1. The Labute approximate surface area is 240 Å². The maximum Gasteiger partial charge on any atom is 0.573 e. The summed E-state index contributed by atoms with van der Waals surface area (Å²) in [6.07, 6.45) is -13.9. The van der Waals surface area contributed by atoms with Crippen molar-refractivity contribution in [3.63, 3.8) is 0 Å². The average molecular weight is 643 g/mol. The molecule has 2 aromatic carbocycles. The van der Waals surface area contributed by atoms with Gasteiger partial charge in [-0.05, 0) is 55.3 Å². The topological polar surface area (TPSA) is 93.5 Å². The van der Waals surface area contributed by atoms with Gasteiger partial charge in [0.1, 0.15) is 10.9 Å². The molecule has 4 rings (SSSR count). The molecule has 0 saturated carbocycles. The molecule has 0 bridgehead atoms. The van der Waals surface area contributed by atoms with Crippen LogP contribution in [0.15, 0.2) is 46.0 Å². The van der Waals surface area contributed by atoms with Crippen molar-refractivity contribution >= 4 is 44.8 Å². The fraction of sp³-hybridized carbons (Fsp3) is 0.280. The minimum absolute atomic E-state index is 0.0854. The lowest BCUT2D eigenvalue weighted by Gasteiger charge is -2.20. The van der Waals surface area contributed by atoms with Crippen molar-refractivity contribution in [1.29, 1.82) is 0 Å². The van der Waals surface area contributed by atoms with Gasteiger partial charge in [-0.25, -0.2) is 4.79 Å². The largest absolute Gasteiger partial charge is 0.573 e. The molecule has 2 heterocycles. The number of aromatic amines is 1. The van der Waals surface area contributed by atoms with Crippen LogP contribution in [0.4, 0.5) is 26.3 Å². The van der Waals surface area contributed by atoms with E-state index < -0.39 is 48.3 Å². The summed E-state index contributed by atoms with van der Waals surface area (Å²) in [5.41, 5.74) is -1.42. The first-order chi connectivity index (χ1) is 19.0. The number of aryl methyl sites for hydroxylation is 1. The minimum Gasteiger partial charge on any atom is -0.482 e. The Hall–Kier alpha value is -3.20. The van der Waals surface area contributed by atoms with Gasteiger partial charge >= 0.3 is 18.2 Å². The second-order valence-electron chi connectivity index (χ2n) is 8.80. The molecule has 1 unspecified atom stereocenters. The number of nitrogens with one attached hydrogen (secondary N) is 1. The number of nitrogens with zero attached hydrogens (tertiary/aromatic N) is 1. The van der Waals surface area contributed by atoms with Crippen LogP contribution in [0.5, 0.6) is 11.5 Å². The Morgan fingerprint density at radius 1 is 1.05 bits per heavy atom. The Kier molecular flexibility index (Phi) is 8.42. The van der Waals surface area contributed by atoms with Crippen LogP contribution in [-0.4, -0.2) is 33.3 Å². The fourth-order valence-corrected chi connectivity index (χ4v) is 5.90. The fourth-order valence-electron chi connectivity index (χ4n) is 4.03. The summed E-state index contributed by atoms with van der Waals surface area (Å²) in [6.45, 7) is 1.74. The maximum absolute atomic E-state index is 13.3. The van der Waals surface area contributed by atoms with Crippen LogP contribution in [0.3, 0.4) is 0 Å². The summed E-state index contributed by atoms with van der Waals surface area (Å²) >= 11 is 12.8. The van der Waals surface area contributed by atoms with Crippen molar-refractivity contribution in [2.24, 2.45) is 0 Å². The zero-order chi connectivity index (χ0) is 30.4. The molecule has 2 N–H and O–H groups in total. The van der Waals surface area contributed by atoms with Gasteiger partial charge in [-0.15, -0.1) is 24.5 Å². The van der Waals surface area contributed by atoms with Crippen LogP contribution in [-0.2, 0) is 6.54 Å². The van der Waals surface area contributed by atoms with Crippen molar-refractivity contribution in [3.8, 4) is 21.9 Å². The first-order valence-electron chi connectivity index (χ1n) is 11.5. The predicted octanol–water partition coefficient (Wildman–Crippen LogP) is 7.00. The highest BCUT2D eigenvalue weighted by Gasteiger charge is 2.39. The second kappa shape index (κ2) is 11.2. The molecule has 0 aliphatic heterocycles. The molecule has 2 atom stereocenters. The highest BCUT2D eigenvalue weighted by atomic mass is 35.5. The van der Waals surface area contributed by atoms with Crippen LogP contribution in [0.2, 0.25) is 10.0 Å². The van der Waals surface area contributed by atoms with Gasteiger partial charge in [-0.1, -0.05) is 29.3 Å². The van der Waals surface area contributed by atoms with Crippen molar-refractivity contribution < 1.29 is 40.9 Å². The molecule has 0 spiro atoms. The van der Waals surface area contributed by atoms with Gasteiger partial charge in [0.25, 0.3) is 5.56 Å². The number of hydrogen-bond donors (Lipinski definition) is 2. The lowest BCUT2D eigenvalue weighted by molar-refractivity contribution is -0.275. The highest BCUT2D eigenvalue weighted by Crippen LogP contribution is 2.43. The van der Waals surface area contributed by atoms with E-state index in [0.717, 1.165) is 6.07 Å². The Bertz CT molecular complexity index is 1730. The summed E-state index contributed by atoms with van der Waals surface area (Å²) in [5.74, 6) is -1.06. The van der Waals surface area contributed by atoms with E-state index >= 15 is 0 Å². The number of thiophene rings is 1. The molecule has 0 aliphatic rings. The third-order valence-corrected chi connectivity index (χ3v) is 7.86. The quantitative estimate of drug-likeness (QED) is 0.212. The molecule has 4 aromatic rings. The van der Waals surface area contributed by atoms with E-state index in [1.807, 2.05) is 4.98 Å². The Morgan fingerprint density at radius 3 is 2.34 bits per heavy atom. The molecular weight excluding hydrogens is 625 g/mol. The summed E-state index contributed by atoms with van der Waals surface area (Å²) in [5, 5.41) is 9.91. The third-order valence-electron chi connectivity index (χ3n) is 5.94. The maximum atomic E-state index is 13.3. The van der Waals surface area contributed by atoms with Gasteiger partial charge in [0.15, 0.2) is 17.6 Å². The average Bonchev–Trinajstić information content (AvgIpc) is 3.18. The zero-order valence-corrected chi connectivity index (χ0v) is 23.1. The molecular formula is C25H18Cl2F6N2O5S. The van der Waals surface area contributed by atoms with E-state index in [2.05, 4.69) is 4.74 Å². The summed E-state index contributed by atoms with van der Waals surface area (Å²) in [6, 6.07) is 8.03. The van der Waals surface area contributed by atoms with Crippen LogP contribution < -0.4 is 20.7 Å². The molecule has 7 nitrogen and oxygen atoms in total. The minimum atomic E-state index is -5.13. The Morgan fingerprint density at radius 2 is 1.73 bits per heavy atom. The van der Waals surface area contributed by atoms with E-state index in [1.54, 1.807) is 6.07 Å². The summed E-state index contributed by atoms with van der Waals surface area (Å²) < 4.78 is 89.4. The summed E-state index contributed by atoms with van der Waals surface area (Å²) in [4.78, 5) is 26.8. The van der Waals surface area contributed by atoms with Gasteiger partial charge in [0.05, 0.1) is 11.9 Å². The number of H-pyrrole nitrogens is 1. The number of alkyl halides is 6. The first-order valence-corrected chi connectivity index (χ1v) is 13.1. The first kappa shape index (κ1) is 30.8. The number of rotatable bonds is 7. The Balaban J connectivity index is 1.82. The van der Waals surface area contributed by atoms with Crippen LogP contribution in [0, 0.1) is 6.92 Å². The molecule has 0 saturated heterocycles. The number of ether oxygens (including phenoxy) is 2. The lowest BCUT2D eigenvalue weighted by Crippen LogP contribution is -2.38. The zero-order valence-electron chi connectivity index (χ0n) is 20.8. The smallest absolute Gasteiger partial charge is 0.482 e. The molecule has 41 heavy (non-hydrogen) atoms. The van der Waals surface area contributed by atoms with E-state index in [-0.39, 0.29) is 37.0 Å². The van der Waals surface area contributed by atoms with E-state index in [4.69, 9.17) is 27.9 Å². The molecule has 220 valence electrons. The lowest BCUT2D eigenvalue weighted by atomic mass is 10.1. The summed E-state index contributed by atoms with van der Waals surface area (Å²) in [7, 11) is 0. The number of fused-ring (bicyclic) bond motifs is 1. The molecule has 0 amide bonds. The number of aliphatic hydroxyl groups is 1. The number of aromatic nitrogens is 2. The predicted molar refractivity (Wildman–Crippen MR) is 141 cm³/mol. The number of halogens is 8. The van der Waals surface area contributed by atoms with Crippen LogP contribution in [0.1, 0.15) is 24.2 Å². The van der Waals surface area contributed by atoms with Crippen LogP contribution in [0.25, 0.3) is 20.7 Å². The van der Waals surface area contributed by atoms with Crippen LogP contribution >= 0.6 is 34.5 Å². The van der Waals surface area contributed by atoms with Crippen molar-refractivity contribution in [2.75, 3.05) is 0 Å². The third kappa shape index (κ3) is 6.66. The second-order valence-corrected chi connectivity index (χ2v) is 10.6. The molecule has 0 radical (unpaired) electrons. The van der Waals surface area contributed by atoms with E-state index in [9.17, 15) is 41.0 Å². The van der Waals surface area contributed by atoms with Gasteiger partial charge < -0.3 is 14.6 Å². The van der Waals surface area contributed by atoms with E-state index in [0.29, 0.717) is 26.5 Å². The van der Waals surface area contributed by atoms with Gasteiger partial charge in [0.2, 0.25) is 0 Å². The van der Waals surface area contributed by atoms with Gasteiger partial charge in [-0.2, -0.15) is 13.2 Å². The monoisotopic (exact) mass is 642 g/mol.